The highest BCUT2D eigenvalue weighted by Gasteiger charge is 2.30. The average molecular weight is 611 g/mol. The molecule has 7 nitrogen and oxygen atoms in total. The normalized spacial score (nSPS) is 14.9. The van der Waals surface area contributed by atoms with Crippen molar-refractivity contribution in [1.29, 1.82) is 0 Å². The minimum Gasteiger partial charge on any atom is -0.352 e. The second kappa shape index (κ2) is 14.6. The van der Waals surface area contributed by atoms with Gasteiger partial charge in [-0.25, -0.2) is 8.42 Å². The van der Waals surface area contributed by atoms with Crippen LogP contribution in [0, 0.1) is 13.8 Å². The van der Waals surface area contributed by atoms with Gasteiger partial charge in [-0.2, -0.15) is 0 Å². The van der Waals surface area contributed by atoms with Crippen LogP contribution in [0.4, 0.5) is 5.69 Å². The lowest BCUT2D eigenvalue weighted by atomic mass is 9.95. The van der Waals surface area contributed by atoms with Gasteiger partial charge < -0.3 is 10.2 Å². The van der Waals surface area contributed by atoms with Crippen LogP contribution in [0.1, 0.15) is 75.0 Å². The molecular weight excluding hydrogens is 569 g/mol. The van der Waals surface area contributed by atoms with Crippen molar-refractivity contribution in [3.8, 4) is 0 Å². The van der Waals surface area contributed by atoms with Crippen LogP contribution >= 0.6 is 23.2 Å². The van der Waals surface area contributed by atoms with Crippen LogP contribution < -0.4 is 9.62 Å². The van der Waals surface area contributed by atoms with Gasteiger partial charge in [0, 0.05) is 25.6 Å². The summed E-state index contributed by atoms with van der Waals surface area (Å²) in [4.78, 5) is 28.7. The lowest BCUT2D eigenvalue weighted by molar-refractivity contribution is -0.141. The minimum absolute atomic E-state index is 0.0887. The van der Waals surface area contributed by atoms with E-state index in [9.17, 15) is 18.0 Å². The van der Waals surface area contributed by atoms with Crippen LogP contribution in [-0.2, 0) is 26.2 Å². The van der Waals surface area contributed by atoms with E-state index in [1.54, 1.807) is 23.1 Å². The number of nitrogens with one attached hydrogen (secondary N) is 1. The van der Waals surface area contributed by atoms with Gasteiger partial charge in [0.2, 0.25) is 21.8 Å². The van der Waals surface area contributed by atoms with Gasteiger partial charge in [0.1, 0.15) is 6.04 Å². The van der Waals surface area contributed by atoms with Gasteiger partial charge in [-0.1, -0.05) is 67.6 Å². The quantitative estimate of drug-likeness (QED) is 0.301. The van der Waals surface area contributed by atoms with Crippen molar-refractivity contribution < 1.29 is 18.0 Å². The maximum atomic E-state index is 13.7. The van der Waals surface area contributed by atoms with Crippen molar-refractivity contribution in [3.63, 3.8) is 0 Å². The summed E-state index contributed by atoms with van der Waals surface area (Å²) in [7, 11) is -3.57. The monoisotopic (exact) mass is 609 g/mol. The first kappa shape index (κ1) is 32.2. The number of rotatable bonds is 12. The van der Waals surface area contributed by atoms with E-state index in [0.717, 1.165) is 42.4 Å². The third-order valence-electron chi connectivity index (χ3n) is 7.46. The third kappa shape index (κ3) is 8.85. The number of carbonyl (C=O) groups excluding carboxylic acids is 2. The third-order valence-corrected chi connectivity index (χ3v) is 9.38. The smallest absolute Gasteiger partial charge is 0.243 e. The van der Waals surface area contributed by atoms with Gasteiger partial charge in [0.25, 0.3) is 0 Å². The van der Waals surface area contributed by atoms with Crippen molar-refractivity contribution in [3.05, 3.63) is 63.1 Å². The van der Waals surface area contributed by atoms with Gasteiger partial charge in [-0.05, 0) is 74.4 Å². The summed E-state index contributed by atoms with van der Waals surface area (Å²) in [5.74, 6) is -0.373. The van der Waals surface area contributed by atoms with E-state index in [4.69, 9.17) is 23.2 Å². The molecule has 0 aliphatic heterocycles. The van der Waals surface area contributed by atoms with Crippen molar-refractivity contribution in [1.82, 2.24) is 10.2 Å². The molecule has 0 bridgehead atoms. The number of carbonyl (C=O) groups is 2. The molecule has 2 aromatic rings. The van der Waals surface area contributed by atoms with Gasteiger partial charge in [-0.15, -0.1) is 0 Å². The summed E-state index contributed by atoms with van der Waals surface area (Å²) in [6.07, 6.45) is 7.27. The van der Waals surface area contributed by atoms with Crippen LogP contribution in [0.5, 0.6) is 0 Å². The Labute approximate surface area is 249 Å². The number of nitrogens with zero attached hydrogens (tertiary/aromatic N) is 2. The van der Waals surface area contributed by atoms with Crippen LogP contribution in [0.25, 0.3) is 0 Å². The molecule has 220 valence electrons. The molecule has 1 aliphatic rings. The van der Waals surface area contributed by atoms with E-state index in [2.05, 4.69) is 5.32 Å². The number of hydrogen-bond acceptors (Lipinski definition) is 4. The maximum Gasteiger partial charge on any atom is 0.243 e. The van der Waals surface area contributed by atoms with E-state index in [1.807, 2.05) is 39.0 Å². The number of aryl methyl sites for hydroxylation is 2. The van der Waals surface area contributed by atoms with Gasteiger partial charge in [0.05, 0.1) is 22.0 Å². The van der Waals surface area contributed by atoms with Gasteiger partial charge in [0.15, 0.2) is 0 Å². The maximum absolute atomic E-state index is 13.7. The molecule has 1 aliphatic carbocycles. The summed E-state index contributed by atoms with van der Waals surface area (Å²) >= 11 is 12.4. The molecule has 2 amide bonds. The Morgan fingerprint density at radius 1 is 1.02 bits per heavy atom. The summed E-state index contributed by atoms with van der Waals surface area (Å²) in [6.45, 7) is 6.02. The Hall–Kier alpha value is -2.29. The molecule has 10 heteroatoms. The lowest BCUT2D eigenvalue weighted by Gasteiger charge is -2.33. The standard InChI is InChI=1S/C30H41Cl2N3O4S/c1-5-27(30(37)33-24-10-7-6-8-11-24)34(20-23-15-16-25(31)26(32)19-23)29(36)12-9-17-35(40(4,38)39)28-18-21(2)13-14-22(28)3/h13-16,18-19,24,27H,5-12,17,20H2,1-4H3,(H,33,37)/t27-/m0/s1. The zero-order valence-electron chi connectivity index (χ0n) is 23.9. The van der Waals surface area contributed by atoms with Crippen molar-refractivity contribution in [2.75, 3.05) is 17.1 Å². The predicted molar refractivity (Wildman–Crippen MR) is 163 cm³/mol. The number of halogens is 2. The zero-order valence-corrected chi connectivity index (χ0v) is 26.2. The fourth-order valence-corrected chi connectivity index (χ4v) is 6.60. The largest absolute Gasteiger partial charge is 0.352 e. The van der Waals surface area contributed by atoms with Crippen LogP contribution in [0.3, 0.4) is 0 Å². The molecule has 0 spiro atoms. The van der Waals surface area contributed by atoms with Crippen molar-refractivity contribution in [2.24, 2.45) is 0 Å². The lowest BCUT2D eigenvalue weighted by Crippen LogP contribution is -2.51. The number of sulfonamides is 1. The summed E-state index contributed by atoms with van der Waals surface area (Å²) in [5.41, 5.74) is 3.17. The van der Waals surface area contributed by atoms with E-state index in [0.29, 0.717) is 28.6 Å². The van der Waals surface area contributed by atoms with E-state index < -0.39 is 16.1 Å². The molecule has 40 heavy (non-hydrogen) atoms. The predicted octanol–water partition coefficient (Wildman–Crippen LogP) is 6.41. The van der Waals surface area contributed by atoms with Crippen LogP contribution in [0.2, 0.25) is 10.0 Å². The first-order chi connectivity index (χ1) is 18.9. The molecule has 0 saturated heterocycles. The van der Waals surface area contributed by atoms with Crippen molar-refractivity contribution in [2.45, 2.75) is 90.8 Å². The van der Waals surface area contributed by atoms with Gasteiger partial charge >= 0.3 is 0 Å². The average Bonchev–Trinajstić information content (AvgIpc) is 2.90. The number of anilines is 1. The Bertz CT molecular complexity index is 1300. The molecule has 1 atom stereocenters. The zero-order chi connectivity index (χ0) is 29.4. The fourth-order valence-electron chi connectivity index (χ4n) is 5.27. The molecule has 0 aromatic heterocycles. The van der Waals surface area contributed by atoms with Crippen molar-refractivity contribution >= 4 is 50.7 Å². The summed E-state index contributed by atoms with van der Waals surface area (Å²) < 4.78 is 26.7. The second-order valence-electron chi connectivity index (χ2n) is 10.8. The highest BCUT2D eigenvalue weighted by Crippen LogP contribution is 2.26. The van der Waals surface area contributed by atoms with E-state index in [-0.39, 0.29) is 37.4 Å². The number of benzene rings is 2. The molecule has 1 N–H and O–H groups in total. The molecular formula is C30H41Cl2N3O4S. The van der Waals surface area contributed by atoms with Crippen LogP contribution in [-0.4, -0.2) is 50.0 Å². The molecule has 3 rings (SSSR count). The van der Waals surface area contributed by atoms with Crippen LogP contribution in [0.15, 0.2) is 36.4 Å². The number of amides is 2. The molecule has 0 radical (unpaired) electrons. The Morgan fingerprint density at radius 2 is 1.73 bits per heavy atom. The summed E-state index contributed by atoms with van der Waals surface area (Å²) in [6, 6.07) is 10.3. The molecule has 0 unspecified atom stereocenters. The Kier molecular flexibility index (Phi) is 11.7. The second-order valence-corrected chi connectivity index (χ2v) is 13.5. The molecule has 2 aromatic carbocycles. The molecule has 0 heterocycles. The van der Waals surface area contributed by atoms with E-state index in [1.165, 1.54) is 17.0 Å². The van der Waals surface area contributed by atoms with Gasteiger partial charge in [-0.3, -0.25) is 13.9 Å². The van der Waals surface area contributed by atoms with E-state index >= 15 is 0 Å². The minimum atomic E-state index is -3.57. The first-order valence-corrected chi connectivity index (χ1v) is 16.6. The first-order valence-electron chi connectivity index (χ1n) is 14.0. The highest BCUT2D eigenvalue weighted by molar-refractivity contribution is 7.92. The summed E-state index contributed by atoms with van der Waals surface area (Å²) in [5, 5.41) is 3.96. The Morgan fingerprint density at radius 3 is 2.35 bits per heavy atom. The molecule has 1 saturated carbocycles. The Balaban J connectivity index is 1.80. The SMILES string of the molecule is CC[C@@H](C(=O)NC1CCCCC1)N(Cc1ccc(Cl)c(Cl)c1)C(=O)CCCN(c1cc(C)ccc1C)S(C)(=O)=O. The number of hydrogen-bond donors (Lipinski definition) is 1. The molecule has 1 fully saturated rings. The topological polar surface area (TPSA) is 86.8 Å². The fraction of sp³-hybridized carbons (Fsp3) is 0.533. The highest BCUT2D eigenvalue weighted by atomic mass is 35.5.